The molecule has 0 saturated carbocycles. The number of carbonyl (C=O) groups excluding carboxylic acids is 4. The average molecular weight is 654 g/mol. The maximum Gasteiger partial charge on any atom is 0.294 e. The highest BCUT2D eigenvalue weighted by Gasteiger charge is 2.36. The second kappa shape index (κ2) is 11.4. The molecule has 3 aromatic carbocycles. The molecule has 0 bridgehead atoms. The van der Waals surface area contributed by atoms with E-state index in [4.69, 9.17) is 0 Å². The molecule has 11 heteroatoms. The molecule has 0 atom stereocenters. The number of aromatic nitrogens is 1. The summed E-state index contributed by atoms with van der Waals surface area (Å²) in [6.07, 6.45) is 3.32. The number of imide groups is 1. The van der Waals surface area contributed by atoms with Crippen molar-refractivity contribution in [3.05, 3.63) is 98.8 Å². The summed E-state index contributed by atoms with van der Waals surface area (Å²) >= 11 is 2.91. The highest BCUT2D eigenvalue weighted by Crippen LogP contribution is 2.34. The predicted octanol–water partition coefficient (Wildman–Crippen LogP) is 5.70. The van der Waals surface area contributed by atoms with E-state index in [-0.39, 0.29) is 17.4 Å². The summed E-state index contributed by atoms with van der Waals surface area (Å²) in [6.45, 7) is -0.425. The topological polar surface area (TPSA) is 101 Å². The van der Waals surface area contributed by atoms with Crippen LogP contribution < -0.4 is 10.6 Å². The number of rotatable bonds is 7. The molecule has 2 N–H and O–H groups in total. The summed E-state index contributed by atoms with van der Waals surface area (Å²) in [4.78, 5) is 51.9. The average Bonchev–Trinajstić information content (AvgIpc) is 3.38. The molecule has 196 valence electrons. The van der Waals surface area contributed by atoms with Gasteiger partial charge < -0.3 is 15.2 Å². The molecule has 1 aliphatic heterocycles. The summed E-state index contributed by atoms with van der Waals surface area (Å²) in [7, 11) is 0. The molecular formula is C28H20FIN4O4S. The van der Waals surface area contributed by atoms with Crippen LogP contribution in [0.1, 0.15) is 5.56 Å². The van der Waals surface area contributed by atoms with E-state index < -0.39 is 29.4 Å². The van der Waals surface area contributed by atoms with Crippen LogP contribution >= 0.6 is 34.4 Å². The Morgan fingerprint density at radius 3 is 2.18 bits per heavy atom. The van der Waals surface area contributed by atoms with Gasteiger partial charge >= 0.3 is 0 Å². The third-order valence-corrected chi connectivity index (χ3v) is 7.48. The number of amides is 4. The second-order valence-electron chi connectivity index (χ2n) is 8.61. The third-order valence-electron chi connectivity index (χ3n) is 5.85. The van der Waals surface area contributed by atoms with Crippen LogP contribution in [0.2, 0.25) is 0 Å². The summed E-state index contributed by atoms with van der Waals surface area (Å²) in [5.74, 6) is -1.75. The van der Waals surface area contributed by atoms with Crippen LogP contribution in [0.5, 0.6) is 0 Å². The maximum absolute atomic E-state index is 13.2. The molecule has 1 fully saturated rings. The van der Waals surface area contributed by atoms with Gasteiger partial charge in [0.25, 0.3) is 11.1 Å². The molecule has 0 unspecified atom stereocenters. The van der Waals surface area contributed by atoms with Crippen molar-refractivity contribution in [2.24, 2.45) is 0 Å². The lowest BCUT2D eigenvalue weighted by molar-refractivity contribution is -0.127. The minimum Gasteiger partial charge on any atom is -0.337 e. The Kier molecular flexibility index (Phi) is 7.79. The predicted molar refractivity (Wildman–Crippen MR) is 157 cm³/mol. The van der Waals surface area contributed by atoms with Gasteiger partial charge in [-0.25, -0.2) is 4.39 Å². The molecule has 0 aliphatic carbocycles. The van der Waals surface area contributed by atoms with Crippen molar-refractivity contribution in [3.63, 3.8) is 0 Å². The van der Waals surface area contributed by atoms with Gasteiger partial charge in [0.05, 0.1) is 4.91 Å². The molecule has 4 amide bonds. The van der Waals surface area contributed by atoms with Crippen LogP contribution in [0.25, 0.3) is 17.0 Å². The van der Waals surface area contributed by atoms with Crippen molar-refractivity contribution >= 4 is 85.7 Å². The fourth-order valence-electron chi connectivity index (χ4n) is 4.06. The zero-order valence-corrected chi connectivity index (χ0v) is 23.2. The number of anilines is 2. The Labute approximate surface area is 240 Å². The highest BCUT2D eigenvalue weighted by molar-refractivity contribution is 14.1. The van der Waals surface area contributed by atoms with Crippen molar-refractivity contribution in [3.8, 4) is 0 Å². The molecule has 1 saturated heterocycles. The van der Waals surface area contributed by atoms with Crippen LogP contribution in [-0.4, -0.2) is 39.0 Å². The molecule has 1 aliphatic rings. The number of benzene rings is 3. The van der Waals surface area contributed by atoms with E-state index >= 15 is 0 Å². The zero-order valence-electron chi connectivity index (χ0n) is 20.2. The van der Waals surface area contributed by atoms with Gasteiger partial charge in [-0.2, -0.15) is 0 Å². The minimum atomic E-state index is -0.561. The smallest absolute Gasteiger partial charge is 0.294 e. The van der Waals surface area contributed by atoms with Gasteiger partial charge in [-0.05, 0) is 95.0 Å². The first kappa shape index (κ1) is 26.6. The quantitative estimate of drug-likeness (QED) is 0.197. The van der Waals surface area contributed by atoms with Gasteiger partial charge in [0.2, 0.25) is 11.8 Å². The van der Waals surface area contributed by atoms with E-state index in [1.165, 1.54) is 24.3 Å². The van der Waals surface area contributed by atoms with E-state index in [0.717, 1.165) is 31.1 Å². The Morgan fingerprint density at radius 1 is 0.872 bits per heavy atom. The molecule has 4 aromatic rings. The van der Waals surface area contributed by atoms with Crippen LogP contribution in [0.3, 0.4) is 0 Å². The van der Waals surface area contributed by atoms with E-state index in [9.17, 15) is 23.6 Å². The second-order valence-corrected chi connectivity index (χ2v) is 10.8. The van der Waals surface area contributed by atoms with Crippen molar-refractivity contribution in [1.82, 2.24) is 9.47 Å². The van der Waals surface area contributed by atoms with E-state index in [1.807, 2.05) is 36.4 Å². The minimum absolute atomic E-state index is 0.0219. The number of para-hydroxylation sites is 1. The largest absolute Gasteiger partial charge is 0.337 e. The zero-order chi connectivity index (χ0) is 27.5. The van der Waals surface area contributed by atoms with Crippen molar-refractivity contribution in [1.29, 1.82) is 0 Å². The van der Waals surface area contributed by atoms with Gasteiger partial charge in [0.15, 0.2) is 0 Å². The summed E-state index contributed by atoms with van der Waals surface area (Å²) < 4.78 is 15.9. The lowest BCUT2D eigenvalue weighted by atomic mass is 10.1. The SMILES string of the molecule is O=C(CN1C(=O)S/C(=C\c2cn(CC(=O)Nc3ccc(F)cc3)c3ccccc23)C1=O)Nc1ccc(I)cc1. The fraction of sp³-hybridized carbons (Fsp3) is 0.0714. The van der Waals surface area contributed by atoms with Gasteiger partial charge in [0, 0.05) is 37.6 Å². The maximum atomic E-state index is 13.2. The first-order valence-electron chi connectivity index (χ1n) is 11.7. The summed E-state index contributed by atoms with van der Waals surface area (Å²) in [6, 6.07) is 20.0. The molecule has 0 radical (unpaired) electrons. The number of fused-ring (bicyclic) bond motifs is 1. The summed E-state index contributed by atoms with van der Waals surface area (Å²) in [5.41, 5.74) is 2.44. The first-order valence-corrected chi connectivity index (χ1v) is 13.6. The Bertz CT molecular complexity index is 1630. The third kappa shape index (κ3) is 6.20. The van der Waals surface area contributed by atoms with E-state index in [0.29, 0.717) is 16.9 Å². The molecule has 8 nitrogen and oxygen atoms in total. The number of hydrogen-bond donors (Lipinski definition) is 2. The Hall–Kier alpha value is -3.97. The first-order chi connectivity index (χ1) is 18.8. The van der Waals surface area contributed by atoms with Crippen LogP contribution in [0.4, 0.5) is 20.6 Å². The van der Waals surface area contributed by atoms with Crippen molar-refractivity contribution < 1.29 is 23.6 Å². The Morgan fingerprint density at radius 2 is 1.49 bits per heavy atom. The molecule has 1 aromatic heterocycles. The lowest BCUT2D eigenvalue weighted by Crippen LogP contribution is -2.36. The number of halogens is 2. The lowest BCUT2D eigenvalue weighted by Gasteiger charge is -2.12. The molecular weight excluding hydrogens is 634 g/mol. The number of carbonyl (C=O) groups is 4. The van der Waals surface area contributed by atoms with Gasteiger partial charge in [-0.3, -0.25) is 24.1 Å². The normalized spacial score (nSPS) is 14.3. The van der Waals surface area contributed by atoms with Crippen LogP contribution in [0.15, 0.2) is 83.9 Å². The molecule has 39 heavy (non-hydrogen) atoms. The Balaban J connectivity index is 1.32. The highest BCUT2D eigenvalue weighted by atomic mass is 127. The standard InChI is InChI=1S/C28H20FIN4O4S/c29-18-5-9-20(10-6-18)31-25(35)15-33-14-17(22-3-1-2-4-23(22)33)13-24-27(37)34(28(38)39-24)16-26(36)32-21-11-7-19(30)8-12-21/h1-14H,15-16H2,(H,31,35)(H,32,36)/b24-13-. The molecule has 2 heterocycles. The van der Waals surface area contributed by atoms with Gasteiger partial charge in [-0.1, -0.05) is 18.2 Å². The van der Waals surface area contributed by atoms with Crippen LogP contribution in [-0.2, 0) is 20.9 Å². The van der Waals surface area contributed by atoms with Crippen molar-refractivity contribution in [2.45, 2.75) is 6.54 Å². The van der Waals surface area contributed by atoms with E-state index in [1.54, 1.807) is 29.0 Å². The van der Waals surface area contributed by atoms with Gasteiger partial charge in [0.1, 0.15) is 18.9 Å². The van der Waals surface area contributed by atoms with Crippen LogP contribution in [0, 0.1) is 9.39 Å². The van der Waals surface area contributed by atoms with Gasteiger partial charge in [-0.15, -0.1) is 0 Å². The van der Waals surface area contributed by atoms with E-state index in [2.05, 4.69) is 33.2 Å². The fourth-order valence-corrected chi connectivity index (χ4v) is 5.25. The molecule has 0 spiro atoms. The van der Waals surface area contributed by atoms with Crippen molar-refractivity contribution in [2.75, 3.05) is 17.2 Å². The number of nitrogens with zero attached hydrogens (tertiary/aromatic N) is 2. The molecule has 5 rings (SSSR count). The summed E-state index contributed by atoms with van der Waals surface area (Å²) in [5, 5.41) is 5.67. The number of nitrogens with one attached hydrogen (secondary N) is 2. The number of hydrogen-bond acceptors (Lipinski definition) is 5. The monoisotopic (exact) mass is 654 g/mol. The number of thioether (sulfide) groups is 1.